The lowest BCUT2D eigenvalue weighted by Gasteiger charge is -2.33. The first-order valence-electron chi connectivity index (χ1n) is 12.6. The zero-order valence-electron chi connectivity index (χ0n) is 21.7. The summed E-state index contributed by atoms with van der Waals surface area (Å²) in [5.74, 6) is 0.0481. The van der Waals surface area contributed by atoms with Crippen LogP contribution in [0.3, 0.4) is 0 Å². The van der Waals surface area contributed by atoms with E-state index in [-0.39, 0.29) is 23.1 Å². The maximum Gasteiger partial charge on any atom is 0.223 e. The van der Waals surface area contributed by atoms with E-state index in [1.54, 1.807) is 18.4 Å². The quantitative estimate of drug-likeness (QED) is 0.200. The zero-order chi connectivity index (χ0) is 25.9. The van der Waals surface area contributed by atoms with Crippen molar-refractivity contribution in [2.24, 2.45) is 0 Å². The van der Waals surface area contributed by atoms with Gasteiger partial charge in [-0.3, -0.25) is 4.98 Å². The second-order valence-corrected chi connectivity index (χ2v) is 11.8. The molecule has 2 aromatic carbocycles. The van der Waals surface area contributed by atoms with Crippen molar-refractivity contribution in [1.82, 2.24) is 4.98 Å². The van der Waals surface area contributed by atoms with Crippen molar-refractivity contribution in [2.75, 3.05) is 13.7 Å². The Balaban J connectivity index is 1.71. The van der Waals surface area contributed by atoms with E-state index in [0.29, 0.717) is 6.61 Å². The van der Waals surface area contributed by atoms with Crippen LogP contribution in [0.5, 0.6) is 0 Å². The number of aromatic nitrogens is 2. The predicted octanol–water partition coefficient (Wildman–Crippen LogP) is 7.72. The molecule has 0 spiro atoms. The summed E-state index contributed by atoms with van der Waals surface area (Å²) in [5, 5.41) is 16.6. The summed E-state index contributed by atoms with van der Waals surface area (Å²) in [4.78, 5) is 4.77. The molecule has 3 aromatic heterocycles. The number of aliphatic hydroxyl groups excluding tert-OH is 1. The molecule has 0 radical (unpaired) electrons. The number of pyridine rings is 2. The van der Waals surface area contributed by atoms with Gasteiger partial charge in [-0.15, -0.1) is 11.3 Å². The van der Waals surface area contributed by atoms with E-state index in [9.17, 15) is 5.11 Å². The minimum Gasteiger partial charge on any atom is -0.506 e. The van der Waals surface area contributed by atoms with E-state index in [1.165, 1.54) is 32.2 Å². The van der Waals surface area contributed by atoms with Gasteiger partial charge < -0.3 is 9.84 Å². The maximum absolute atomic E-state index is 10.9. The Morgan fingerprint density at radius 2 is 1.86 bits per heavy atom. The third-order valence-electron chi connectivity index (χ3n) is 7.55. The first kappa shape index (κ1) is 23.8. The number of methoxy groups -OCH3 is 1. The largest absolute Gasteiger partial charge is 0.506 e. The van der Waals surface area contributed by atoms with Gasteiger partial charge in [-0.05, 0) is 50.9 Å². The maximum atomic E-state index is 10.9. The van der Waals surface area contributed by atoms with Crippen molar-refractivity contribution in [3.63, 3.8) is 0 Å². The number of ether oxygens (including phenoxy) is 1. The summed E-state index contributed by atoms with van der Waals surface area (Å²) in [7, 11) is 1.72. The fourth-order valence-electron chi connectivity index (χ4n) is 5.97. The van der Waals surface area contributed by atoms with Gasteiger partial charge in [-0.1, -0.05) is 51.6 Å². The van der Waals surface area contributed by atoms with Crippen molar-refractivity contribution in [3.05, 3.63) is 95.8 Å². The van der Waals surface area contributed by atoms with Crippen LogP contribution >= 0.6 is 11.3 Å². The molecule has 1 aliphatic rings. The number of fused-ring (bicyclic) bond motifs is 6. The molecule has 0 fully saturated rings. The van der Waals surface area contributed by atoms with Gasteiger partial charge in [0.25, 0.3) is 0 Å². The van der Waals surface area contributed by atoms with E-state index in [2.05, 4.69) is 98.1 Å². The van der Waals surface area contributed by atoms with Gasteiger partial charge in [0.2, 0.25) is 11.7 Å². The van der Waals surface area contributed by atoms with E-state index >= 15 is 0 Å². The number of benzene rings is 2. The van der Waals surface area contributed by atoms with E-state index < -0.39 is 0 Å². The van der Waals surface area contributed by atoms with Crippen molar-refractivity contribution in [3.8, 4) is 22.5 Å². The zero-order valence-corrected chi connectivity index (χ0v) is 22.5. The number of nitrogens with zero attached hydrogens (tertiary/aromatic N) is 2. The number of rotatable bonds is 4. The Bertz CT molecular complexity index is 1680. The third-order valence-corrected chi connectivity index (χ3v) is 8.43. The molecule has 1 aliphatic heterocycles. The Kier molecular flexibility index (Phi) is 5.66. The van der Waals surface area contributed by atoms with Crippen LogP contribution in [0, 0.1) is 0 Å². The SMILES string of the molecule is C=C(O)C1C(COC)c2c(cc(C(C)(C)C)c3ccccc23)-c2cc(-c3nccc4sccc34)cc[n+]21. The van der Waals surface area contributed by atoms with Crippen molar-refractivity contribution in [2.45, 2.75) is 38.1 Å². The number of allylic oxidation sites excluding steroid dienone is 1. The Morgan fingerprint density at radius 1 is 1.08 bits per heavy atom. The standard InChI is InChI=1S/C32H30N2O2S/c1-19(35)31-25(18-36-5)29-22-9-7-6-8-21(22)26(32(2,3)4)17-24(29)27-16-20(11-14-34(27)31)30-23-12-15-37-28(23)10-13-33-30/h6-17,25,31H,1,18H2,2-5H3/p+1. The number of hydrogen-bond donors (Lipinski definition) is 1. The molecule has 0 amide bonds. The van der Waals surface area contributed by atoms with Gasteiger partial charge in [0, 0.05) is 41.1 Å². The summed E-state index contributed by atoms with van der Waals surface area (Å²) in [6.07, 6.45) is 3.95. The normalized spacial score (nSPS) is 17.1. The molecule has 2 unspecified atom stereocenters. The molecular formula is C32H31N2O2S+. The molecule has 0 saturated carbocycles. The molecule has 4 nitrogen and oxygen atoms in total. The van der Waals surface area contributed by atoms with Crippen LogP contribution in [0.1, 0.15) is 43.9 Å². The number of aliphatic hydroxyl groups is 1. The Labute approximate surface area is 221 Å². The lowest BCUT2D eigenvalue weighted by atomic mass is 9.75. The molecule has 4 heterocycles. The Hall–Kier alpha value is -3.54. The van der Waals surface area contributed by atoms with Gasteiger partial charge in [0.05, 0.1) is 23.8 Å². The second-order valence-electron chi connectivity index (χ2n) is 10.9. The van der Waals surface area contributed by atoms with E-state index in [4.69, 9.17) is 9.72 Å². The monoisotopic (exact) mass is 507 g/mol. The highest BCUT2D eigenvalue weighted by atomic mass is 32.1. The topological polar surface area (TPSA) is 46.2 Å². The fraction of sp³-hybridized carbons (Fsp3) is 0.250. The number of thiophene rings is 1. The highest BCUT2D eigenvalue weighted by Gasteiger charge is 2.44. The summed E-state index contributed by atoms with van der Waals surface area (Å²) in [6.45, 7) is 11.3. The molecule has 186 valence electrons. The molecule has 6 rings (SSSR count). The lowest BCUT2D eigenvalue weighted by Crippen LogP contribution is -2.49. The molecule has 5 heteroatoms. The first-order chi connectivity index (χ1) is 17.8. The first-order valence-corrected chi connectivity index (χ1v) is 13.5. The molecule has 0 aliphatic carbocycles. The van der Waals surface area contributed by atoms with Gasteiger partial charge in [-0.2, -0.15) is 4.57 Å². The Morgan fingerprint density at radius 3 is 2.59 bits per heavy atom. The van der Waals surface area contributed by atoms with Crippen LogP contribution in [0.2, 0.25) is 0 Å². The molecule has 0 saturated heterocycles. The van der Waals surface area contributed by atoms with Crippen LogP contribution in [0.15, 0.2) is 84.7 Å². The molecule has 0 bridgehead atoms. The van der Waals surface area contributed by atoms with Crippen LogP contribution in [-0.4, -0.2) is 23.8 Å². The predicted molar refractivity (Wildman–Crippen MR) is 152 cm³/mol. The highest BCUT2D eigenvalue weighted by molar-refractivity contribution is 7.17. The van der Waals surface area contributed by atoms with Crippen LogP contribution in [0.25, 0.3) is 43.4 Å². The minimum atomic E-state index is -0.342. The van der Waals surface area contributed by atoms with Gasteiger partial charge in [0.1, 0.15) is 0 Å². The molecule has 2 atom stereocenters. The fourth-order valence-corrected chi connectivity index (χ4v) is 6.75. The average molecular weight is 508 g/mol. The van der Waals surface area contributed by atoms with Crippen LogP contribution in [0.4, 0.5) is 0 Å². The highest BCUT2D eigenvalue weighted by Crippen LogP contribution is 2.47. The molecule has 1 N–H and O–H groups in total. The van der Waals surface area contributed by atoms with Crippen molar-refractivity contribution < 1.29 is 14.4 Å². The van der Waals surface area contributed by atoms with Crippen molar-refractivity contribution in [1.29, 1.82) is 0 Å². The lowest BCUT2D eigenvalue weighted by molar-refractivity contribution is -0.712. The molecule has 5 aromatic rings. The molecular weight excluding hydrogens is 476 g/mol. The second kappa shape index (κ2) is 8.79. The molecule has 37 heavy (non-hydrogen) atoms. The van der Waals surface area contributed by atoms with Crippen LogP contribution in [-0.2, 0) is 10.2 Å². The smallest absolute Gasteiger partial charge is 0.223 e. The van der Waals surface area contributed by atoms with E-state index in [0.717, 1.165) is 22.3 Å². The summed E-state index contributed by atoms with van der Waals surface area (Å²) in [5.41, 5.74) is 6.69. The average Bonchev–Trinajstić information content (AvgIpc) is 3.36. The van der Waals surface area contributed by atoms with Gasteiger partial charge in [-0.25, -0.2) is 0 Å². The van der Waals surface area contributed by atoms with Gasteiger partial charge >= 0.3 is 0 Å². The van der Waals surface area contributed by atoms with E-state index in [1.807, 2.05) is 6.20 Å². The van der Waals surface area contributed by atoms with Gasteiger partial charge in [0.15, 0.2) is 12.0 Å². The third kappa shape index (κ3) is 3.76. The summed E-state index contributed by atoms with van der Waals surface area (Å²) in [6, 6.07) is 19.2. The van der Waals surface area contributed by atoms with Crippen molar-refractivity contribution >= 4 is 32.2 Å². The van der Waals surface area contributed by atoms with Crippen LogP contribution < -0.4 is 4.57 Å². The summed E-state index contributed by atoms with van der Waals surface area (Å²) < 4.78 is 9.12. The number of hydrogen-bond acceptors (Lipinski definition) is 4. The summed E-state index contributed by atoms with van der Waals surface area (Å²) >= 11 is 1.73. The minimum absolute atomic E-state index is 0.0466.